The second-order valence-corrected chi connectivity index (χ2v) is 9.59. The molecule has 28 heavy (non-hydrogen) atoms. The van der Waals surface area contributed by atoms with Crippen LogP contribution in [-0.4, -0.2) is 87.9 Å². The van der Waals surface area contributed by atoms with Crippen molar-refractivity contribution in [3.05, 3.63) is 0 Å². The molecular weight excluding hydrogens is 380 g/mol. The summed E-state index contributed by atoms with van der Waals surface area (Å²) in [6, 6.07) is -0.641. The molecule has 2 fully saturated rings. The number of nitrogens with zero attached hydrogens (tertiary/aromatic N) is 1. The van der Waals surface area contributed by atoms with Gasteiger partial charge in [0.05, 0.1) is 12.1 Å². The molecular formula is C20H38N2O5S. The largest absolute Gasteiger partial charge is 0.388 e. The lowest BCUT2D eigenvalue weighted by Crippen LogP contribution is -2.64. The summed E-state index contributed by atoms with van der Waals surface area (Å²) in [6.07, 6.45) is 1.60. The number of amides is 1. The fourth-order valence-corrected chi connectivity index (χ4v) is 5.05. The van der Waals surface area contributed by atoms with E-state index >= 15 is 0 Å². The van der Waals surface area contributed by atoms with E-state index in [1.54, 1.807) is 6.26 Å². The quantitative estimate of drug-likeness (QED) is 0.463. The Balaban J connectivity index is 2.07. The van der Waals surface area contributed by atoms with Gasteiger partial charge in [0.15, 0.2) is 0 Å². The maximum absolute atomic E-state index is 13.0. The first-order chi connectivity index (χ1) is 13.2. The molecule has 7 nitrogen and oxygen atoms in total. The Morgan fingerprint density at radius 1 is 1.25 bits per heavy atom. The van der Waals surface area contributed by atoms with Gasteiger partial charge in [-0.3, -0.25) is 9.69 Å². The highest BCUT2D eigenvalue weighted by molar-refractivity contribution is 7.99. The SMILES string of the molecule is CCCCC1CC(C(=O)NC(C(C)C)C2OC(SC)C(O)C(O)C2O)N(C)C1. The number of carbonyl (C=O) groups is 1. The van der Waals surface area contributed by atoms with Gasteiger partial charge in [-0.15, -0.1) is 11.8 Å². The molecule has 0 bridgehead atoms. The zero-order valence-corrected chi connectivity index (χ0v) is 18.6. The first kappa shape index (κ1) is 23.9. The lowest BCUT2D eigenvalue weighted by molar-refractivity contribution is -0.208. The summed E-state index contributed by atoms with van der Waals surface area (Å²) in [4.78, 5) is 15.1. The summed E-state index contributed by atoms with van der Waals surface area (Å²) in [7, 11) is 1.98. The predicted octanol–water partition coefficient (Wildman–Crippen LogP) is 0.808. The summed E-state index contributed by atoms with van der Waals surface area (Å²) < 4.78 is 5.89. The fraction of sp³-hybridized carbons (Fsp3) is 0.950. The minimum Gasteiger partial charge on any atom is -0.388 e. The number of nitrogens with one attached hydrogen (secondary N) is 1. The lowest BCUT2D eigenvalue weighted by Gasteiger charge is -2.44. The van der Waals surface area contributed by atoms with Crippen molar-refractivity contribution in [2.75, 3.05) is 19.8 Å². The molecule has 164 valence electrons. The zero-order chi connectivity index (χ0) is 21.0. The van der Waals surface area contributed by atoms with Crippen molar-refractivity contribution in [1.82, 2.24) is 10.2 Å². The summed E-state index contributed by atoms with van der Waals surface area (Å²) in [5.41, 5.74) is -0.644. The molecule has 4 N–H and O–H groups in total. The molecule has 2 rings (SSSR count). The van der Waals surface area contributed by atoms with E-state index in [-0.39, 0.29) is 17.9 Å². The fourth-order valence-electron chi connectivity index (χ4n) is 4.37. The van der Waals surface area contributed by atoms with E-state index in [1.807, 2.05) is 20.9 Å². The average Bonchev–Trinajstić information content (AvgIpc) is 3.03. The number of aliphatic hydroxyl groups excluding tert-OH is 3. The molecule has 2 heterocycles. The molecule has 8 unspecified atom stereocenters. The van der Waals surface area contributed by atoms with Crippen molar-refractivity contribution in [2.24, 2.45) is 11.8 Å². The first-order valence-electron chi connectivity index (χ1n) is 10.4. The molecule has 0 aromatic rings. The highest BCUT2D eigenvalue weighted by atomic mass is 32.2. The van der Waals surface area contributed by atoms with Crippen LogP contribution >= 0.6 is 11.8 Å². The Hall–Kier alpha value is -0.380. The molecule has 0 radical (unpaired) electrons. The van der Waals surface area contributed by atoms with Crippen molar-refractivity contribution in [3.63, 3.8) is 0 Å². The molecule has 2 aliphatic heterocycles. The standard InChI is InChI=1S/C20H38N2O5S/c1-6-7-8-12-9-13(22(4)10-12)19(26)21-14(11(2)3)18-16(24)15(23)17(25)20(27-18)28-5/h11-18,20,23-25H,6-10H2,1-5H3,(H,21,26). The number of likely N-dealkylation sites (N-methyl/N-ethyl adjacent to an activating group) is 1. The van der Waals surface area contributed by atoms with Crippen molar-refractivity contribution < 1.29 is 24.9 Å². The molecule has 0 aliphatic carbocycles. The van der Waals surface area contributed by atoms with Crippen molar-refractivity contribution in [2.45, 2.75) is 88.4 Å². The third-order valence-corrected chi connectivity index (χ3v) is 6.98. The van der Waals surface area contributed by atoms with Crippen LogP contribution < -0.4 is 5.32 Å². The molecule has 8 atom stereocenters. The monoisotopic (exact) mass is 418 g/mol. The Labute approximate surface area is 173 Å². The van der Waals surface area contributed by atoms with Crippen LogP contribution in [0.3, 0.4) is 0 Å². The lowest BCUT2D eigenvalue weighted by atomic mass is 9.88. The zero-order valence-electron chi connectivity index (χ0n) is 17.7. The van der Waals surface area contributed by atoms with E-state index in [1.165, 1.54) is 18.2 Å². The summed E-state index contributed by atoms with van der Waals surface area (Å²) >= 11 is 1.28. The van der Waals surface area contributed by atoms with E-state index in [2.05, 4.69) is 17.1 Å². The van der Waals surface area contributed by atoms with Crippen LogP contribution in [0.1, 0.15) is 46.5 Å². The number of rotatable bonds is 8. The highest BCUT2D eigenvalue weighted by Crippen LogP contribution is 2.31. The van der Waals surface area contributed by atoms with Gasteiger partial charge >= 0.3 is 0 Å². The summed E-state index contributed by atoms with van der Waals surface area (Å²) in [5, 5.41) is 33.9. The van der Waals surface area contributed by atoms with Gasteiger partial charge in [-0.05, 0) is 38.0 Å². The molecule has 1 amide bonds. The van der Waals surface area contributed by atoms with Crippen molar-refractivity contribution in [1.29, 1.82) is 0 Å². The second-order valence-electron chi connectivity index (χ2n) is 8.65. The first-order valence-corrected chi connectivity index (χ1v) is 11.7. The summed E-state index contributed by atoms with van der Waals surface area (Å²) in [6.45, 7) is 7.01. The van der Waals surface area contributed by atoms with Gasteiger partial charge in [0.1, 0.15) is 29.9 Å². The van der Waals surface area contributed by atoms with Gasteiger partial charge in [-0.1, -0.05) is 33.6 Å². The Bertz CT molecular complexity index is 507. The maximum atomic E-state index is 13.0. The van der Waals surface area contributed by atoms with Crippen LogP contribution in [0, 0.1) is 11.8 Å². The molecule has 2 saturated heterocycles. The number of hydrogen-bond donors (Lipinski definition) is 4. The van der Waals surface area contributed by atoms with E-state index in [4.69, 9.17) is 4.74 Å². The Morgan fingerprint density at radius 2 is 1.93 bits per heavy atom. The van der Waals surface area contributed by atoms with E-state index in [9.17, 15) is 20.1 Å². The van der Waals surface area contributed by atoms with Crippen LogP contribution in [0.25, 0.3) is 0 Å². The van der Waals surface area contributed by atoms with Crippen LogP contribution in [0.15, 0.2) is 0 Å². The Morgan fingerprint density at radius 3 is 2.50 bits per heavy atom. The van der Waals surface area contributed by atoms with Crippen LogP contribution in [0.4, 0.5) is 0 Å². The smallest absolute Gasteiger partial charge is 0.237 e. The normalized spacial score (nSPS) is 38.0. The van der Waals surface area contributed by atoms with Crippen molar-refractivity contribution >= 4 is 17.7 Å². The topological polar surface area (TPSA) is 102 Å². The molecule has 2 aliphatic rings. The maximum Gasteiger partial charge on any atom is 0.237 e. The number of aliphatic hydroxyl groups is 3. The van der Waals surface area contributed by atoms with Gasteiger partial charge < -0.3 is 25.4 Å². The number of thioether (sulfide) groups is 1. The third kappa shape index (κ3) is 5.40. The summed E-state index contributed by atoms with van der Waals surface area (Å²) in [5.74, 6) is 0.473. The molecule has 0 saturated carbocycles. The van der Waals surface area contributed by atoms with E-state index in [0.29, 0.717) is 5.92 Å². The van der Waals surface area contributed by atoms with Gasteiger partial charge in [-0.25, -0.2) is 0 Å². The number of unbranched alkanes of at least 4 members (excludes halogenated alkanes) is 1. The van der Waals surface area contributed by atoms with Gasteiger partial charge in [0.2, 0.25) is 5.91 Å². The van der Waals surface area contributed by atoms with E-state index in [0.717, 1.165) is 25.8 Å². The molecule has 0 aromatic heterocycles. The van der Waals surface area contributed by atoms with Crippen LogP contribution in [0.2, 0.25) is 0 Å². The number of hydrogen-bond acceptors (Lipinski definition) is 7. The second kappa shape index (κ2) is 10.6. The number of likely N-dealkylation sites (tertiary alicyclic amines) is 1. The highest BCUT2D eigenvalue weighted by Gasteiger charge is 2.48. The predicted molar refractivity (Wildman–Crippen MR) is 111 cm³/mol. The van der Waals surface area contributed by atoms with Gasteiger partial charge in [0.25, 0.3) is 0 Å². The number of ether oxygens (including phenoxy) is 1. The van der Waals surface area contributed by atoms with E-state index < -0.39 is 35.9 Å². The van der Waals surface area contributed by atoms with Crippen molar-refractivity contribution in [3.8, 4) is 0 Å². The molecule has 8 heteroatoms. The third-order valence-electron chi connectivity index (χ3n) is 6.12. The molecule has 0 aromatic carbocycles. The van der Waals surface area contributed by atoms with Gasteiger partial charge in [-0.2, -0.15) is 0 Å². The minimum absolute atomic E-state index is 0.00357. The van der Waals surface area contributed by atoms with Crippen LogP contribution in [0.5, 0.6) is 0 Å². The molecule has 0 spiro atoms. The average molecular weight is 419 g/mol. The van der Waals surface area contributed by atoms with Crippen LogP contribution in [-0.2, 0) is 9.53 Å². The Kier molecular flexibility index (Phi) is 9.04. The minimum atomic E-state index is -1.30. The van der Waals surface area contributed by atoms with Gasteiger partial charge in [0, 0.05) is 6.54 Å². The number of carbonyl (C=O) groups excluding carboxylic acids is 1.